The van der Waals surface area contributed by atoms with Crippen molar-refractivity contribution in [3.63, 3.8) is 0 Å². The third-order valence-electron chi connectivity index (χ3n) is 3.83. The van der Waals surface area contributed by atoms with Crippen LogP contribution in [-0.4, -0.2) is 19.1 Å². The van der Waals surface area contributed by atoms with Crippen LogP contribution in [0.2, 0.25) is 0 Å². The Labute approximate surface area is 107 Å². The van der Waals surface area contributed by atoms with E-state index in [9.17, 15) is 0 Å². The monoisotopic (exact) mass is 234 g/mol. The first-order valence-corrected chi connectivity index (χ1v) is 6.75. The lowest BCUT2D eigenvalue weighted by atomic mass is 9.95. The normalized spacial score (nSPS) is 25.0. The second-order valence-corrected chi connectivity index (χ2v) is 5.20. The van der Waals surface area contributed by atoms with Crippen molar-refractivity contribution in [1.82, 2.24) is 5.32 Å². The quantitative estimate of drug-likeness (QED) is 0.862. The summed E-state index contributed by atoms with van der Waals surface area (Å²) in [5.41, 5.74) is 2.83. The Morgan fingerprint density at radius 1 is 1.24 bits per heavy atom. The number of benzene rings is 1. The third kappa shape index (κ3) is 2.63. The molecule has 0 aliphatic carbocycles. The molecule has 96 valence electrons. The molecule has 0 spiro atoms. The molecule has 1 N–H and O–H groups in total. The summed E-state index contributed by atoms with van der Waals surface area (Å²) in [6, 6.07) is 10.1. The molecule has 0 aromatic heterocycles. The van der Waals surface area contributed by atoms with Gasteiger partial charge < -0.3 is 10.2 Å². The molecule has 1 heterocycles. The fourth-order valence-electron chi connectivity index (χ4n) is 3.00. The van der Waals surface area contributed by atoms with Crippen molar-refractivity contribution >= 4 is 5.69 Å². The number of piperidine rings is 1. The molecule has 0 amide bonds. The van der Waals surface area contributed by atoms with Gasteiger partial charge in [-0.1, -0.05) is 18.2 Å². The minimum Gasteiger partial charge on any atom is -0.366 e. The van der Waals surface area contributed by atoms with Gasteiger partial charge in [-0.2, -0.15) is 0 Å². The summed E-state index contributed by atoms with van der Waals surface area (Å²) >= 11 is 0. The third-order valence-corrected chi connectivity index (χ3v) is 3.83. The van der Waals surface area contributed by atoms with Gasteiger partial charge in [-0.15, -0.1) is 0 Å². The zero-order valence-electron chi connectivity index (χ0n) is 11.2. The molecule has 2 nitrogen and oxygen atoms in total. The van der Waals surface area contributed by atoms with E-state index in [0.29, 0.717) is 12.1 Å². The second kappa shape index (κ2) is 5.54. The minimum atomic E-state index is 0. The van der Waals surface area contributed by atoms with Crippen LogP contribution in [0.25, 0.3) is 0 Å². The number of anilines is 1. The van der Waals surface area contributed by atoms with E-state index in [1.165, 1.54) is 30.5 Å². The van der Waals surface area contributed by atoms with Crippen LogP contribution in [-0.2, 0) is 6.54 Å². The molecule has 1 aliphatic rings. The lowest BCUT2D eigenvalue weighted by Gasteiger charge is -2.42. The van der Waals surface area contributed by atoms with Crippen molar-refractivity contribution in [1.29, 1.82) is 0 Å². The summed E-state index contributed by atoms with van der Waals surface area (Å²) in [5.74, 6) is 0. The van der Waals surface area contributed by atoms with Gasteiger partial charge in [0, 0.05) is 25.7 Å². The molecule has 1 aromatic carbocycles. The highest BCUT2D eigenvalue weighted by molar-refractivity contribution is 5.55. The highest BCUT2D eigenvalue weighted by atomic mass is 15.2. The van der Waals surface area contributed by atoms with Gasteiger partial charge in [0.05, 0.1) is 0 Å². The molecule has 0 saturated carbocycles. The number of hydrogen-bond acceptors (Lipinski definition) is 2. The van der Waals surface area contributed by atoms with E-state index in [0.717, 1.165) is 6.54 Å². The largest absolute Gasteiger partial charge is 0.366 e. The first-order chi connectivity index (χ1) is 8.24. The Kier molecular flexibility index (Phi) is 4.06. The highest BCUT2D eigenvalue weighted by Crippen LogP contribution is 2.31. The van der Waals surface area contributed by atoms with E-state index in [1.54, 1.807) is 0 Å². The molecule has 2 rings (SSSR count). The smallest absolute Gasteiger partial charge is 0.0416 e. The van der Waals surface area contributed by atoms with Gasteiger partial charge in [0.25, 0.3) is 0 Å². The van der Waals surface area contributed by atoms with E-state index in [2.05, 4.69) is 48.3 Å². The number of para-hydroxylation sites is 1. The molecule has 2 atom stereocenters. The van der Waals surface area contributed by atoms with Gasteiger partial charge in [0.15, 0.2) is 0 Å². The molecular weight excluding hydrogens is 208 g/mol. The first-order valence-electron chi connectivity index (χ1n) is 6.75. The zero-order valence-corrected chi connectivity index (χ0v) is 11.2. The fraction of sp³-hybridized carbons (Fsp3) is 0.600. The standard InChI is InChI=1S/C15H24N2.H2/c1-12-7-6-8-13(2)17(12)15-10-5-4-9-14(15)11-16-3;/h4-5,9-10,12-13,16H,6-8,11H2,1-3H3;1H. The Balaban J connectivity index is 0.00000162. The van der Waals surface area contributed by atoms with Crippen molar-refractivity contribution in [2.24, 2.45) is 0 Å². The van der Waals surface area contributed by atoms with E-state index < -0.39 is 0 Å². The fourth-order valence-corrected chi connectivity index (χ4v) is 3.00. The Bertz CT molecular complexity index is 357. The molecule has 1 aliphatic heterocycles. The van der Waals surface area contributed by atoms with Crippen LogP contribution >= 0.6 is 0 Å². The predicted octanol–water partition coefficient (Wildman–Crippen LogP) is 3.42. The molecule has 2 heteroatoms. The van der Waals surface area contributed by atoms with Gasteiger partial charge >= 0.3 is 0 Å². The minimum absolute atomic E-state index is 0. The molecule has 0 bridgehead atoms. The van der Waals surface area contributed by atoms with Gasteiger partial charge in [-0.25, -0.2) is 0 Å². The van der Waals surface area contributed by atoms with Crippen LogP contribution < -0.4 is 10.2 Å². The average Bonchev–Trinajstić information content (AvgIpc) is 2.31. The second-order valence-electron chi connectivity index (χ2n) is 5.20. The summed E-state index contributed by atoms with van der Waals surface area (Å²) < 4.78 is 0. The van der Waals surface area contributed by atoms with Crippen molar-refractivity contribution in [3.05, 3.63) is 29.8 Å². The Hall–Kier alpha value is -1.02. The van der Waals surface area contributed by atoms with Gasteiger partial charge in [-0.05, 0) is 51.8 Å². The number of rotatable bonds is 3. The van der Waals surface area contributed by atoms with Crippen LogP contribution in [0.3, 0.4) is 0 Å². The van der Waals surface area contributed by atoms with Crippen molar-refractivity contribution in [2.45, 2.75) is 51.7 Å². The summed E-state index contributed by atoms with van der Waals surface area (Å²) in [6.07, 6.45) is 4.00. The van der Waals surface area contributed by atoms with E-state index >= 15 is 0 Å². The molecule has 0 radical (unpaired) electrons. The number of nitrogens with zero attached hydrogens (tertiary/aromatic N) is 1. The molecule has 17 heavy (non-hydrogen) atoms. The van der Waals surface area contributed by atoms with Crippen molar-refractivity contribution in [3.8, 4) is 0 Å². The highest BCUT2D eigenvalue weighted by Gasteiger charge is 2.25. The van der Waals surface area contributed by atoms with Crippen LogP contribution in [0, 0.1) is 0 Å². The number of nitrogens with one attached hydrogen (secondary N) is 1. The summed E-state index contributed by atoms with van der Waals surface area (Å²) in [6.45, 7) is 5.66. The average molecular weight is 234 g/mol. The summed E-state index contributed by atoms with van der Waals surface area (Å²) in [7, 11) is 2.01. The molecular formula is C15H26N2. The zero-order chi connectivity index (χ0) is 12.3. The lowest BCUT2D eigenvalue weighted by molar-refractivity contribution is 0.413. The molecule has 1 fully saturated rings. The maximum absolute atomic E-state index is 3.27. The maximum atomic E-state index is 3.27. The van der Waals surface area contributed by atoms with Gasteiger partial charge in [-0.3, -0.25) is 0 Å². The van der Waals surface area contributed by atoms with Crippen LogP contribution in [0.5, 0.6) is 0 Å². The number of hydrogen-bond donors (Lipinski definition) is 1. The van der Waals surface area contributed by atoms with Crippen LogP contribution in [0.4, 0.5) is 5.69 Å². The predicted molar refractivity (Wildman–Crippen MR) is 76.6 cm³/mol. The Morgan fingerprint density at radius 2 is 1.88 bits per heavy atom. The van der Waals surface area contributed by atoms with E-state index in [1.807, 2.05) is 7.05 Å². The van der Waals surface area contributed by atoms with Crippen molar-refractivity contribution in [2.75, 3.05) is 11.9 Å². The lowest BCUT2D eigenvalue weighted by Crippen LogP contribution is -2.44. The topological polar surface area (TPSA) is 15.3 Å². The van der Waals surface area contributed by atoms with Crippen LogP contribution in [0.1, 0.15) is 40.1 Å². The van der Waals surface area contributed by atoms with Gasteiger partial charge in [0.2, 0.25) is 0 Å². The van der Waals surface area contributed by atoms with E-state index in [4.69, 9.17) is 0 Å². The van der Waals surface area contributed by atoms with Crippen molar-refractivity contribution < 1.29 is 1.43 Å². The SMILES string of the molecule is CNCc1ccccc1N1C(C)CCCC1C.[HH]. The van der Waals surface area contributed by atoms with Gasteiger partial charge in [0.1, 0.15) is 0 Å². The maximum Gasteiger partial charge on any atom is 0.0416 e. The Morgan fingerprint density at radius 3 is 2.53 bits per heavy atom. The summed E-state index contributed by atoms with van der Waals surface area (Å²) in [5, 5.41) is 3.27. The first kappa shape index (κ1) is 12.4. The van der Waals surface area contributed by atoms with E-state index in [-0.39, 0.29) is 1.43 Å². The summed E-state index contributed by atoms with van der Waals surface area (Å²) in [4.78, 5) is 2.61. The molecule has 1 aromatic rings. The molecule has 1 saturated heterocycles. The van der Waals surface area contributed by atoms with Crippen LogP contribution in [0.15, 0.2) is 24.3 Å². The molecule has 2 unspecified atom stereocenters.